The first-order valence-electron chi connectivity index (χ1n) is 11.6. The van der Waals surface area contributed by atoms with Gasteiger partial charge in [0.2, 0.25) is 11.8 Å². The molecule has 3 amide bonds. The summed E-state index contributed by atoms with van der Waals surface area (Å²) in [7, 11) is 0. The summed E-state index contributed by atoms with van der Waals surface area (Å²) in [5.41, 5.74) is -3.40. The predicted octanol–water partition coefficient (Wildman–Crippen LogP) is 3.36. The Morgan fingerprint density at radius 1 is 1.13 bits per heavy atom. The monoisotopic (exact) mass is 547 g/mol. The van der Waals surface area contributed by atoms with Crippen LogP contribution in [0.3, 0.4) is 0 Å². The maximum Gasteiger partial charge on any atom is 0.471 e. The molecule has 1 aromatic rings. The second-order valence-corrected chi connectivity index (χ2v) is 11.2. The van der Waals surface area contributed by atoms with Gasteiger partial charge in [0.15, 0.2) is 0 Å². The Labute approximate surface area is 214 Å². The molecule has 1 unspecified atom stereocenters. The van der Waals surface area contributed by atoms with Gasteiger partial charge in [-0.3, -0.25) is 19.4 Å². The van der Waals surface area contributed by atoms with Crippen molar-refractivity contribution in [2.45, 2.75) is 65.1 Å². The number of amides is 3. The van der Waals surface area contributed by atoms with E-state index >= 15 is 0 Å². The second-order valence-electron chi connectivity index (χ2n) is 11.2. The van der Waals surface area contributed by atoms with Crippen molar-refractivity contribution in [1.82, 2.24) is 20.5 Å². The number of carbonyl (C=O) groups is 3. The van der Waals surface area contributed by atoms with Crippen LogP contribution in [0.4, 0.5) is 26.3 Å². The van der Waals surface area contributed by atoms with Gasteiger partial charge in [0.1, 0.15) is 18.1 Å². The van der Waals surface area contributed by atoms with Crippen LogP contribution in [0.5, 0.6) is 0 Å². The minimum atomic E-state index is -5.25. The lowest BCUT2D eigenvalue weighted by Crippen LogP contribution is -2.60. The van der Waals surface area contributed by atoms with Crippen LogP contribution in [0.25, 0.3) is 0 Å². The van der Waals surface area contributed by atoms with Gasteiger partial charge in [-0.2, -0.15) is 31.6 Å². The van der Waals surface area contributed by atoms with Crippen LogP contribution in [0.1, 0.15) is 51.8 Å². The molecule has 2 aliphatic rings. The molecule has 8 nitrogen and oxygen atoms in total. The molecule has 14 heteroatoms. The van der Waals surface area contributed by atoms with Crippen LogP contribution in [0, 0.1) is 34.0 Å². The number of nitrogens with one attached hydrogen (secondary N) is 2. The highest BCUT2D eigenvalue weighted by Crippen LogP contribution is 2.65. The van der Waals surface area contributed by atoms with E-state index < -0.39 is 76.1 Å². The molecule has 1 saturated heterocycles. The summed E-state index contributed by atoms with van der Waals surface area (Å²) in [5, 5.41) is 13.6. The minimum Gasteiger partial charge on any atom is -0.336 e. The van der Waals surface area contributed by atoms with Gasteiger partial charge >= 0.3 is 18.3 Å². The summed E-state index contributed by atoms with van der Waals surface area (Å²) in [6, 6.07) is -2.44. The maximum atomic E-state index is 13.5. The van der Waals surface area contributed by atoms with Gasteiger partial charge in [0.25, 0.3) is 0 Å². The zero-order valence-electron chi connectivity index (χ0n) is 21.2. The Morgan fingerprint density at radius 2 is 1.74 bits per heavy atom. The molecule has 2 N–H and O–H groups in total. The summed E-state index contributed by atoms with van der Waals surface area (Å²) in [5.74, 6) is -4.87. The lowest BCUT2D eigenvalue weighted by atomic mass is 9.85. The number of fused-ring (bicyclic) bond motifs is 1. The van der Waals surface area contributed by atoms with Crippen molar-refractivity contribution in [3.8, 4) is 6.07 Å². The predicted molar refractivity (Wildman–Crippen MR) is 119 cm³/mol. The van der Waals surface area contributed by atoms with E-state index in [0.29, 0.717) is 6.07 Å². The number of hydrogen-bond donors (Lipinski definition) is 2. The van der Waals surface area contributed by atoms with Crippen molar-refractivity contribution in [2.75, 3.05) is 6.54 Å². The van der Waals surface area contributed by atoms with E-state index in [1.807, 2.05) is 13.8 Å². The van der Waals surface area contributed by atoms with Gasteiger partial charge in [-0.25, -0.2) is 0 Å². The minimum absolute atomic E-state index is 0.0129. The molecule has 1 aromatic heterocycles. The maximum absolute atomic E-state index is 13.5. The van der Waals surface area contributed by atoms with E-state index in [2.05, 4.69) is 10.3 Å². The average molecular weight is 548 g/mol. The molecule has 5 atom stereocenters. The molecule has 3 rings (SSSR count). The summed E-state index contributed by atoms with van der Waals surface area (Å²) >= 11 is 0. The molecule has 0 bridgehead atoms. The number of halogens is 6. The number of nitrogens with zero attached hydrogens (tertiary/aromatic N) is 3. The summed E-state index contributed by atoms with van der Waals surface area (Å²) in [6.07, 6.45) is -8.40. The smallest absolute Gasteiger partial charge is 0.336 e. The van der Waals surface area contributed by atoms with E-state index in [0.717, 1.165) is 17.3 Å². The lowest BCUT2D eigenvalue weighted by Gasteiger charge is -2.37. The molecule has 208 valence electrons. The first-order valence-corrected chi connectivity index (χ1v) is 11.6. The highest BCUT2D eigenvalue weighted by atomic mass is 19.4. The molecule has 2 fully saturated rings. The molecule has 0 spiro atoms. The number of alkyl halides is 6. The van der Waals surface area contributed by atoms with Crippen molar-refractivity contribution in [1.29, 1.82) is 5.26 Å². The Morgan fingerprint density at radius 3 is 2.24 bits per heavy atom. The number of carbonyl (C=O) groups excluding carboxylic acids is 3. The summed E-state index contributed by atoms with van der Waals surface area (Å²) in [6.45, 7) is 7.95. The van der Waals surface area contributed by atoms with Crippen LogP contribution in [0.2, 0.25) is 0 Å². The molecule has 1 saturated carbocycles. The van der Waals surface area contributed by atoms with Crippen molar-refractivity contribution >= 4 is 17.7 Å². The van der Waals surface area contributed by atoms with E-state index in [1.54, 1.807) is 11.4 Å². The quantitative estimate of drug-likeness (QED) is 0.549. The third-order valence-corrected chi connectivity index (χ3v) is 7.29. The zero-order valence-corrected chi connectivity index (χ0v) is 21.2. The molecule has 0 radical (unpaired) electrons. The Kier molecular flexibility index (Phi) is 7.24. The second kappa shape index (κ2) is 9.43. The number of piperidine rings is 1. The fourth-order valence-electron chi connectivity index (χ4n) is 5.14. The normalized spacial score (nSPS) is 24.1. The lowest BCUT2D eigenvalue weighted by molar-refractivity contribution is -0.176. The number of pyridine rings is 1. The van der Waals surface area contributed by atoms with Gasteiger partial charge < -0.3 is 15.5 Å². The van der Waals surface area contributed by atoms with E-state index in [9.17, 15) is 46.0 Å². The Balaban J connectivity index is 1.93. The van der Waals surface area contributed by atoms with Gasteiger partial charge in [-0.05, 0) is 28.7 Å². The fourth-order valence-corrected chi connectivity index (χ4v) is 5.14. The molecule has 38 heavy (non-hydrogen) atoms. The molecular formula is C24H27F6N5O3. The summed E-state index contributed by atoms with van der Waals surface area (Å²) < 4.78 is 79.4. The van der Waals surface area contributed by atoms with Crippen molar-refractivity contribution in [3.63, 3.8) is 0 Å². The molecule has 1 aliphatic carbocycles. The molecule has 1 aliphatic heterocycles. The third kappa shape index (κ3) is 5.42. The number of aromatic nitrogens is 1. The van der Waals surface area contributed by atoms with E-state index in [1.165, 1.54) is 20.8 Å². The zero-order chi connectivity index (χ0) is 29.0. The molecular weight excluding hydrogens is 520 g/mol. The number of likely N-dealkylation sites (tertiary alicyclic amines) is 1. The highest BCUT2D eigenvalue weighted by molar-refractivity contribution is 5.95. The largest absolute Gasteiger partial charge is 0.471 e. The Hall–Kier alpha value is -3.37. The summed E-state index contributed by atoms with van der Waals surface area (Å²) in [4.78, 5) is 43.2. The van der Waals surface area contributed by atoms with Crippen molar-refractivity contribution in [2.24, 2.45) is 22.7 Å². The van der Waals surface area contributed by atoms with Crippen LogP contribution in [0.15, 0.2) is 18.5 Å². The van der Waals surface area contributed by atoms with Crippen molar-refractivity contribution < 1.29 is 40.7 Å². The highest BCUT2D eigenvalue weighted by Gasteiger charge is 2.70. The van der Waals surface area contributed by atoms with Gasteiger partial charge in [0, 0.05) is 24.5 Å². The van der Waals surface area contributed by atoms with Crippen LogP contribution in [-0.4, -0.2) is 52.4 Å². The van der Waals surface area contributed by atoms with Gasteiger partial charge in [-0.15, -0.1) is 0 Å². The number of rotatable bonds is 5. The first-order chi connectivity index (χ1) is 17.2. The van der Waals surface area contributed by atoms with Gasteiger partial charge in [-0.1, -0.05) is 34.6 Å². The van der Waals surface area contributed by atoms with E-state index in [4.69, 9.17) is 0 Å². The number of hydrogen-bond acceptors (Lipinski definition) is 5. The average Bonchev–Trinajstić information content (AvgIpc) is 3.12. The van der Waals surface area contributed by atoms with Crippen molar-refractivity contribution in [3.05, 3.63) is 29.6 Å². The van der Waals surface area contributed by atoms with Crippen LogP contribution >= 0.6 is 0 Å². The van der Waals surface area contributed by atoms with Crippen LogP contribution < -0.4 is 10.6 Å². The topological polar surface area (TPSA) is 115 Å². The number of nitriles is 1. The third-order valence-electron chi connectivity index (χ3n) is 7.29. The van der Waals surface area contributed by atoms with Crippen LogP contribution in [-0.2, 0) is 20.6 Å². The SMILES string of the molecule is CC(C)(C)[C@H](NC(=O)C(F)(F)F)C(=O)N1C[C@H]2[C@@H]([C@H]1C(=O)NC(C#N)c1cnccc1C(F)(F)F)C2(C)C. The molecule has 0 aromatic carbocycles. The first kappa shape index (κ1) is 29.2. The Bertz CT molecular complexity index is 1170. The van der Waals surface area contributed by atoms with E-state index in [-0.39, 0.29) is 12.5 Å². The standard InChI is InChI=1S/C24H27F6N5O3/c1-21(2,3)17(34-20(38)24(28,29)30)19(37)35-10-13-15(22(13,4)5)16(35)18(36)33-14(8-31)11-9-32-7-6-12(11)23(25,26)27/h6-7,9,13-17H,10H2,1-5H3,(H,33,36)(H,34,38)/t13-,14?,15-,16-,17+/m0/s1. The fraction of sp³-hybridized carbons (Fsp3) is 0.625. The van der Waals surface area contributed by atoms with Gasteiger partial charge in [0.05, 0.1) is 11.6 Å². The molecule has 2 heterocycles.